The zero-order chi connectivity index (χ0) is 19.5. The Bertz CT molecular complexity index is 975. The second-order valence-corrected chi connectivity index (χ2v) is 9.82. The molecule has 1 aliphatic heterocycles. The lowest BCUT2D eigenvalue weighted by atomic mass is 10.3. The minimum atomic E-state index is -0.0185. The Balaban J connectivity index is 0.00000240. The first kappa shape index (κ1) is 22.5. The Labute approximate surface area is 192 Å². The Kier molecular flexibility index (Phi) is 7.89. The number of hydrogen-bond acceptors (Lipinski definition) is 7. The fourth-order valence-electron chi connectivity index (χ4n) is 3.05. The summed E-state index contributed by atoms with van der Waals surface area (Å²) in [5.74, 6) is 0.770. The van der Waals surface area contributed by atoms with E-state index in [4.69, 9.17) is 14.5 Å². The molecular weight excluding hydrogens is 498 g/mol. The highest BCUT2D eigenvalue weighted by Gasteiger charge is 2.24. The minimum absolute atomic E-state index is 0. The minimum Gasteiger partial charge on any atom is -0.497 e. The lowest BCUT2D eigenvalue weighted by Gasteiger charge is -2.29. The Hall–Kier alpha value is -1.23. The van der Waals surface area contributed by atoms with Crippen LogP contribution in [0.4, 0.5) is 5.13 Å². The molecule has 1 amide bonds. The van der Waals surface area contributed by atoms with Crippen molar-refractivity contribution in [2.75, 3.05) is 51.4 Å². The van der Waals surface area contributed by atoms with Crippen LogP contribution in [0.3, 0.4) is 0 Å². The number of carbonyl (C=O) groups excluding carboxylic acids is 1. The number of methoxy groups -OCH3 is 1. The summed E-state index contributed by atoms with van der Waals surface area (Å²) >= 11 is 6.41. The number of aromatic nitrogens is 1. The van der Waals surface area contributed by atoms with Gasteiger partial charge in [0.05, 0.1) is 39.2 Å². The number of rotatable bonds is 6. The molecule has 10 heteroatoms. The molecule has 156 valence electrons. The summed E-state index contributed by atoms with van der Waals surface area (Å²) < 4.78 is 12.7. The van der Waals surface area contributed by atoms with E-state index in [-0.39, 0.29) is 18.3 Å². The third kappa shape index (κ3) is 5.28. The Morgan fingerprint density at radius 1 is 1.28 bits per heavy atom. The van der Waals surface area contributed by atoms with Gasteiger partial charge in [-0.3, -0.25) is 14.6 Å². The molecule has 0 spiro atoms. The second kappa shape index (κ2) is 10.2. The first-order valence-electron chi connectivity index (χ1n) is 8.96. The number of amides is 1. The van der Waals surface area contributed by atoms with E-state index in [0.717, 1.165) is 52.6 Å². The van der Waals surface area contributed by atoms with Gasteiger partial charge in [0.2, 0.25) is 0 Å². The fraction of sp³-hybridized carbons (Fsp3) is 0.368. The highest BCUT2D eigenvalue weighted by Crippen LogP contribution is 2.33. The summed E-state index contributed by atoms with van der Waals surface area (Å²) in [6.07, 6.45) is 0. The maximum absolute atomic E-state index is 13.2. The molecule has 1 aliphatic rings. The van der Waals surface area contributed by atoms with E-state index in [2.05, 4.69) is 20.8 Å². The van der Waals surface area contributed by atoms with Crippen molar-refractivity contribution in [2.24, 2.45) is 0 Å². The van der Waals surface area contributed by atoms with Crippen LogP contribution in [0.15, 0.2) is 34.1 Å². The van der Waals surface area contributed by atoms with Crippen LogP contribution in [0.2, 0.25) is 0 Å². The van der Waals surface area contributed by atoms with Crippen molar-refractivity contribution in [3.05, 3.63) is 39.0 Å². The number of anilines is 1. The quantitative estimate of drug-likeness (QED) is 0.480. The molecule has 0 aliphatic carbocycles. The van der Waals surface area contributed by atoms with Gasteiger partial charge in [0, 0.05) is 26.2 Å². The van der Waals surface area contributed by atoms with Crippen LogP contribution in [-0.2, 0) is 4.74 Å². The number of benzene rings is 1. The number of fused-ring (bicyclic) bond motifs is 1. The first-order valence-corrected chi connectivity index (χ1v) is 11.4. The molecule has 0 radical (unpaired) electrons. The van der Waals surface area contributed by atoms with Crippen LogP contribution in [0.5, 0.6) is 5.75 Å². The molecule has 3 heterocycles. The van der Waals surface area contributed by atoms with Crippen LogP contribution in [-0.4, -0.2) is 62.3 Å². The third-order valence-electron chi connectivity index (χ3n) is 4.59. The monoisotopic (exact) mass is 517 g/mol. The molecule has 1 aromatic carbocycles. The maximum atomic E-state index is 13.2. The lowest BCUT2D eigenvalue weighted by Crippen LogP contribution is -2.43. The molecule has 0 unspecified atom stereocenters. The maximum Gasteiger partial charge on any atom is 0.270 e. The first-order chi connectivity index (χ1) is 13.6. The molecule has 29 heavy (non-hydrogen) atoms. The summed E-state index contributed by atoms with van der Waals surface area (Å²) in [5, 5.41) is 0.714. The van der Waals surface area contributed by atoms with Crippen molar-refractivity contribution in [1.29, 1.82) is 0 Å². The molecule has 6 nitrogen and oxygen atoms in total. The number of hydrogen-bond donors (Lipinski definition) is 0. The average molecular weight is 519 g/mol. The molecule has 0 atom stereocenters. The van der Waals surface area contributed by atoms with Crippen LogP contribution < -0.4 is 9.64 Å². The largest absolute Gasteiger partial charge is 0.497 e. The highest BCUT2D eigenvalue weighted by atomic mass is 79.9. The predicted molar refractivity (Wildman–Crippen MR) is 124 cm³/mol. The van der Waals surface area contributed by atoms with E-state index < -0.39 is 0 Å². The zero-order valence-corrected chi connectivity index (χ0v) is 19.8. The summed E-state index contributed by atoms with van der Waals surface area (Å²) in [4.78, 5) is 22.8. The van der Waals surface area contributed by atoms with Gasteiger partial charge in [0.25, 0.3) is 5.91 Å². The van der Waals surface area contributed by atoms with Gasteiger partial charge < -0.3 is 9.47 Å². The van der Waals surface area contributed by atoms with Crippen molar-refractivity contribution in [2.45, 2.75) is 0 Å². The normalized spacial score (nSPS) is 14.6. The van der Waals surface area contributed by atoms with E-state index >= 15 is 0 Å². The van der Waals surface area contributed by atoms with Gasteiger partial charge >= 0.3 is 0 Å². The number of thiophene rings is 1. The number of morpholine rings is 1. The molecule has 3 aromatic rings. The smallest absolute Gasteiger partial charge is 0.270 e. The van der Waals surface area contributed by atoms with Gasteiger partial charge in [-0.25, -0.2) is 4.98 Å². The molecule has 0 N–H and O–H groups in total. The molecule has 4 rings (SSSR count). The van der Waals surface area contributed by atoms with Gasteiger partial charge in [0.1, 0.15) is 5.75 Å². The number of nitrogens with zero attached hydrogens (tertiary/aromatic N) is 3. The number of thiazole rings is 1. The molecule has 1 saturated heterocycles. The molecule has 0 bridgehead atoms. The molecule has 1 fully saturated rings. The van der Waals surface area contributed by atoms with E-state index in [0.29, 0.717) is 16.6 Å². The summed E-state index contributed by atoms with van der Waals surface area (Å²) in [7, 11) is 1.65. The van der Waals surface area contributed by atoms with Crippen molar-refractivity contribution in [3.8, 4) is 5.75 Å². The van der Waals surface area contributed by atoms with Crippen molar-refractivity contribution in [1.82, 2.24) is 9.88 Å². The number of ether oxygens (including phenoxy) is 2. The van der Waals surface area contributed by atoms with Crippen LogP contribution in [0, 0.1) is 0 Å². The highest BCUT2D eigenvalue weighted by molar-refractivity contribution is 9.11. The Morgan fingerprint density at radius 2 is 2.07 bits per heavy atom. The standard InChI is InChI=1S/C19H20BrN3O3S2.ClH/c1-25-13-2-3-14-16(12-13)28-19(21-14)23(7-6-22-8-10-26-11-9-22)18(24)15-4-5-17(20)27-15;/h2-5,12H,6-11H2,1H3;1H. The average Bonchev–Trinajstić information content (AvgIpc) is 3.34. The second-order valence-electron chi connectivity index (χ2n) is 6.34. The zero-order valence-electron chi connectivity index (χ0n) is 15.8. The fourth-order valence-corrected chi connectivity index (χ4v) is 5.40. The summed E-state index contributed by atoms with van der Waals surface area (Å²) in [6.45, 7) is 4.65. The third-order valence-corrected chi connectivity index (χ3v) is 7.24. The van der Waals surface area contributed by atoms with E-state index in [9.17, 15) is 4.79 Å². The van der Waals surface area contributed by atoms with Gasteiger partial charge in [-0.1, -0.05) is 11.3 Å². The number of carbonyl (C=O) groups is 1. The van der Waals surface area contributed by atoms with Crippen LogP contribution >= 0.6 is 51.0 Å². The van der Waals surface area contributed by atoms with E-state index in [1.54, 1.807) is 12.0 Å². The van der Waals surface area contributed by atoms with Gasteiger partial charge in [-0.2, -0.15) is 0 Å². The van der Waals surface area contributed by atoms with E-state index in [1.165, 1.54) is 22.7 Å². The predicted octanol–water partition coefficient (Wildman–Crippen LogP) is 4.53. The van der Waals surface area contributed by atoms with Crippen molar-refractivity contribution in [3.63, 3.8) is 0 Å². The lowest BCUT2D eigenvalue weighted by molar-refractivity contribution is 0.0391. The SMILES string of the molecule is COc1ccc2nc(N(CCN3CCOCC3)C(=O)c3ccc(Br)s3)sc2c1.Cl. The van der Waals surface area contributed by atoms with E-state index in [1.807, 2.05) is 30.3 Å². The topological polar surface area (TPSA) is 54.9 Å². The molecule has 2 aromatic heterocycles. The van der Waals surface area contributed by atoms with Gasteiger partial charge in [-0.15, -0.1) is 23.7 Å². The summed E-state index contributed by atoms with van der Waals surface area (Å²) in [6, 6.07) is 9.54. The van der Waals surface area contributed by atoms with Gasteiger partial charge in [0.15, 0.2) is 5.13 Å². The van der Waals surface area contributed by atoms with Crippen LogP contribution in [0.25, 0.3) is 10.2 Å². The number of halogens is 2. The summed E-state index contributed by atoms with van der Waals surface area (Å²) in [5.41, 5.74) is 0.873. The van der Waals surface area contributed by atoms with Gasteiger partial charge in [-0.05, 0) is 46.3 Å². The van der Waals surface area contributed by atoms with Crippen molar-refractivity contribution < 1.29 is 14.3 Å². The molecular formula is C19H21BrClN3O3S2. The molecule has 0 saturated carbocycles. The Morgan fingerprint density at radius 3 is 2.76 bits per heavy atom. The van der Waals surface area contributed by atoms with Crippen LogP contribution in [0.1, 0.15) is 9.67 Å². The van der Waals surface area contributed by atoms with Crippen molar-refractivity contribution >= 4 is 72.3 Å².